The highest BCUT2D eigenvalue weighted by Crippen LogP contribution is 2.35. The van der Waals surface area contributed by atoms with E-state index < -0.39 is 0 Å². The predicted molar refractivity (Wildman–Crippen MR) is 154 cm³/mol. The van der Waals surface area contributed by atoms with E-state index in [9.17, 15) is 30.0 Å². The van der Waals surface area contributed by atoms with Gasteiger partial charge in [0.05, 0.1) is 12.4 Å². The Kier molecular flexibility index (Phi) is 10.2. The number of benzene rings is 2. The summed E-state index contributed by atoms with van der Waals surface area (Å²) in [5.74, 6) is 0.929. The lowest BCUT2D eigenvalue weighted by atomic mass is 9.76. The standard InChI is InChI=1S/C29H38N6O6/c36-24-10-20(11-25(37)14-24)16-30-34-28(40)32-22-5-1-18(2-6-22)9-19-3-7-23(8-4-19)33-29(41)35-31-17-21-12-26(38)15-27(39)13-21/h10-19,22-23,36-39H,1-9H2,(H2,32,34,40)(H2,33,35,41)/b30-16-,31-17+. The van der Waals surface area contributed by atoms with E-state index in [0.29, 0.717) is 23.0 Å². The number of hydrazone groups is 2. The van der Waals surface area contributed by atoms with Gasteiger partial charge in [-0.1, -0.05) is 0 Å². The molecule has 4 amide bonds. The van der Waals surface area contributed by atoms with Gasteiger partial charge in [-0.25, -0.2) is 20.4 Å². The van der Waals surface area contributed by atoms with Crippen LogP contribution >= 0.6 is 0 Å². The fourth-order valence-corrected chi connectivity index (χ4v) is 5.71. The van der Waals surface area contributed by atoms with Crippen molar-refractivity contribution in [3.8, 4) is 23.0 Å². The molecule has 12 heteroatoms. The van der Waals surface area contributed by atoms with Gasteiger partial charge in [0.2, 0.25) is 0 Å². The number of phenols is 4. The predicted octanol–water partition coefficient (Wildman–Crippen LogP) is 3.98. The molecule has 0 atom stereocenters. The topological polar surface area (TPSA) is 188 Å². The van der Waals surface area contributed by atoms with Crippen molar-refractivity contribution in [1.82, 2.24) is 21.5 Å². The minimum Gasteiger partial charge on any atom is -0.508 e. The van der Waals surface area contributed by atoms with Crippen LogP contribution in [0.4, 0.5) is 9.59 Å². The van der Waals surface area contributed by atoms with E-state index in [-0.39, 0.29) is 47.1 Å². The highest BCUT2D eigenvalue weighted by Gasteiger charge is 2.28. The lowest BCUT2D eigenvalue weighted by molar-refractivity contribution is 0.198. The molecule has 0 radical (unpaired) electrons. The third-order valence-corrected chi connectivity index (χ3v) is 7.64. The van der Waals surface area contributed by atoms with E-state index in [1.54, 1.807) is 0 Å². The third-order valence-electron chi connectivity index (χ3n) is 7.64. The summed E-state index contributed by atoms with van der Waals surface area (Å²) in [5.41, 5.74) is 5.79. The van der Waals surface area contributed by atoms with Crippen LogP contribution in [-0.4, -0.2) is 57.0 Å². The van der Waals surface area contributed by atoms with Crippen LogP contribution in [0.15, 0.2) is 46.6 Å². The number of hydrogen-bond acceptors (Lipinski definition) is 8. The van der Waals surface area contributed by atoms with Gasteiger partial charge in [-0.3, -0.25) is 0 Å². The third kappa shape index (κ3) is 9.89. The summed E-state index contributed by atoms with van der Waals surface area (Å²) < 4.78 is 0. The monoisotopic (exact) mass is 566 g/mol. The van der Waals surface area contributed by atoms with Gasteiger partial charge in [0, 0.05) is 35.3 Å². The average Bonchev–Trinajstić information content (AvgIpc) is 2.90. The summed E-state index contributed by atoms with van der Waals surface area (Å²) >= 11 is 0. The number of amides is 4. The molecule has 12 nitrogen and oxygen atoms in total. The Morgan fingerprint density at radius 1 is 0.610 bits per heavy atom. The molecular formula is C29H38N6O6. The molecule has 0 saturated heterocycles. The molecule has 0 aliphatic heterocycles. The van der Waals surface area contributed by atoms with Crippen molar-refractivity contribution in [3.63, 3.8) is 0 Å². The van der Waals surface area contributed by atoms with E-state index in [1.165, 1.54) is 55.2 Å². The second-order valence-electron chi connectivity index (χ2n) is 10.9. The van der Waals surface area contributed by atoms with Crippen molar-refractivity contribution in [2.45, 2.75) is 69.9 Å². The Morgan fingerprint density at radius 2 is 0.951 bits per heavy atom. The van der Waals surface area contributed by atoms with Crippen molar-refractivity contribution in [2.24, 2.45) is 22.0 Å². The zero-order chi connectivity index (χ0) is 29.2. The molecule has 41 heavy (non-hydrogen) atoms. The molecule has 0 spiro atoms. The van der Waals surface area contributed by atoms with Gasteiger partial charge < -0.3 is 31.1 Å². The smallest absolute Gasteiger partial charge is 0.335 e. The van der Waals surface area contributed by atoms with Gasteiger partial charge in [0.1, 0.15) is 23.0 Å². The molecule has 220 valence electrons. The lowest BCUT2D eigenvalue weighted by Crippen LogP contribution is -2.43. The zero-order valence-corrected chi connectivity index (χ0v) is 22.8. The van der Waals surface area contributed by atoms with Gasteiger partial charge in [0.15, 0.2) is 0 Å². The first kappa shape index (κ1) is 29.5. The maximum atomic E-state index is 12.2. The first-order valence-electron chi connectivity index (χ1n) is 14.0. The Labute approximate surface area is 238 Å². The summed E-state index contributed by atoms with van der Waals surface area (Å²) in [4.78, 5) is 24.4. The van der Waals surface area contributed by atoms with Gasteiger partial charge in [0.25, 0.3) is 0 Å². The number of hydrogen-bond donors (Lipinski definition) is 8. The van der Waals surface area contributed by atoms with Crippen LogP contribution < -0.4 is 21.5 Å². The van der Waals surface area contributed by atoms with Crippen LogP contribution in [0, 0.1) is 11.8 Å². The molecule has 2 aromatic carbocycles. The van der Waals surface area contributed by atoms with Crippen LogP contribution in [0.25, 0.3) is 0 Å². The van der Waals surface area contributed by atoms with Crippen LogP contribution in [0.5, 0.6) is 23.0 Å². The highest BCUT2D eigenvalue weighted by molar-refractivity contribution is 5.83. The summed E-state index contributed by atoms with van der Waals surface area (Å²) in [6.07, 6.45) is 11.8. The number of rotatable bonds is 8. The second kappa shape index (κ2) is 14.2. The largest absolute Gasteiger partial charge is 0.508 e. The summed E-state index contributed by atoms with van der Waals surface area (Å²) in [7, 11) is 0. The van der Waals surface area contributed by atoms with Crippen LogP contribution in [0.1, 0.15) is 68.9 Å². The zero-order valence-electron chi connectivity index (χ0n) is 22.8. The van der Waals surface area contributed by atoms with E-state index >= 15 is 0 Å². The molecule has 0 unspecified atom stereocenters. The van der Waals surface area contributed by atoms with Crippen molar-refractivity contribution in [2.75, 3.05) is 0 Å². The van der Waals surface area contributed by atoms with E-state index in [1.807, 2.05) is 0 Å². The van der Waals surface area contributed by atoms with Crippen LogP contribution in [-0.2, 0) is 0 Å². The number of aromatic hydroxyl groups is 4. The highest BCUT2D eigenvalue weighted by atomic mass is 16.3. The molecule has 2 aliphatic rings. The quantitative estimate of drug-likeness (QED) is 0.176. The minimum atomic E-state index is -0.381. The Morgan fingerprint density at radius 3 is 1.29 bits per heavy atom. The molecule has 8 N–H and O–H groups in total. The van der Waals surface area contributed by atoms with E-state index in [0.717, 1.165) is 51.4 Å². The van der Waals surface area contributed by atoms with E-state index in [4.69, 9.17) is 0 Å². The number of nitrogens with one attached hydrogen (secondary N) is 4. The minimum absolute atomic E-state index is 0.0857. The van der Waals surface area contributed by atoms with Crippen LogP contribution in [0.3, 0.4) is 0 Å². The van der Waals surface area contributed by atoms with Gasteiger partial charge in [-0.2, -0.15) is 10.2 Å². The summed E-state index contributed by atoms with van der Waals surface area (Å²) in [5, 5.41) is 51.7. The van der Waals surface area contributed by atoms with Gasteiger partial charge in [-0.15, -0.1) is 0 Å². The first-order chi connectivity index (χ1) is 19.7. The fourth-order valence-electron chi connectivity index (χ4n) is 5.71. The molecule has 2 aliphatic carbocycles. The number of carbonyl (C=O) groups is 2. The maximum Gasteiger partial charge on any atom is 0.335 e. The van der Waals surface area contributed by atoms with Crippen molar-refractivity contribution >= 4 is 24.5 Å². The SMILES string of the molecule is O=C(N/N=C\c1cc(O)cc(O)c1)NC1CCC(CC2CCC(NC(=O)N/N=C/c3cc(O)cc(O)c3)CC2)CC1. The average molecular weight is 567 g/mol. The fraction of sp³-hybridized carbons (Fsp3) is 0.448. The van der Waals surface area contributed by atoms with E-state index in [2.05, 4.69) is 31.7 Å². The summed E-state index contributed by atoms with van der Waals surface area (Å²) in [6.45, 7) is 0. The molecular weight excluding hydrogens is 528 g/mol. The maximum absolute atomic E-state index is 12.2. The molecule has 2 aromatic rings. The Balaban J connectivity index is 1.08. The van der Waals surface area contributed by atoms with Crippen molar-refractivity contribution in [3.05, 3.63) is 47.5 Å². The number of nitrogens with zero attached hydrogens (tertiary/aromatic N) is 2. The van der Waals surface area contributed by atoms with Crippen LogP contribution in [0.2, 0.25) is 0 Å². The molecule has 0 heterocycles. The lowest BCUT2D eigenvalue weighted by Gasteiger charge is -2.34. The van der Waals surface area contributed by atoms with Gasteiger partial charge in [-0.05, 0) is 93.9 Å². The summed E-state index contributed by atoms with van der Waals surface area (Å²) in [6, 6.07) is 7.57. The van der Waals surface area contributed by atoms with Crippen molar-refractivity contribution in [1.29, 1.82) is 0 Å². The number of phenolic OH excluding ortho intramolecular Hbond substituents is 4. The normalized spacial score (nSPS) is 22.8. The molecule has 0 aromatic heterocycles. The molecule has 0 bridgehead atoms. The Hall–Kier alpha value is -4.48. The molecule has 2 saturated carbocycles. The number of urea groups is 2. The van der Waals surface area contributed by atoms with Crippen molar-refractivity contribution < 1.29 is 30.0 Å². The Bertz CT molecular complexity index is 1120. The second-order valence-corrected chi connectivity index (χ2v) is 10.9. The van der Waals surface area contributed by atoms with Gasteiger partial charge >= 0.3 is 12.1 Å². The number of carbonyl (C=O) groups excluding carboxylic acids is 2. The molecule has 4 rings (SSSR count). The first-order valence-corrected chi connectivity index (χ1v) is 14.0. The molecule has 2 fully saturated rings.